The predicted octanol–water partition coefficient (Wildman–Crippen LogP) is 6.09. The molecule has 2 rings (SSSR count). The van der Waals surface area contributed by atoms with Crippen LogP contribution in [0.5, 0.6) is 0 Å². The molecule has 0 aliphatic heterocycles. The molecule has 1 nitrogen and oxygen atoms in total. The van der Waals surface area contributed by atoms with Crippen molar-refractivity contribution in [3.05, 3.63) is 53.6 Å². The van der Waals surface area contributed by atoms with Crippen LogP contribution in [0.1, 0.15) is 40.1 Å². The van der Waals surface area contributed by atoms with Crippen molar-refractivity contribution in [2.75, 3.05) is 6.54 Å². The summed E-state index contributed by atoms with van der Waals surface area (Å²) in [6, 6.07) is 7.15. The Morgan fingerprint density at radius 1 is 1.10 bits per heavy atom. The first-order valence-electron chi connectivity index (χ1n) is 7.17. The van der Waals surface area contributed by atoms with E-state index in [0.29, 0.717) is 6.04 Å². The summed E-state index contributed by atoms with van der Waals surface area (Å²) in [6.45, 7) is 9.75. The summed E-state index contributed by atoms with van der Waals surface area (Å²) in [5.74, 6) is 0. The fourth-order valence-electron chi connectivity index (χ4n) is 2.79. The fraction of sp³-hybridized carbons (Fsp3) is 0.412. The summed E-state index contributed by atoms with van der Waals surface area (Å²) in [7, 11) is 0. The van der Waals surface area contributed by atoms with Gasteiger partial charge in [-0.3, -0.25) is 0 Å². The van der Waals surface area contributed by atoms with E-state index in [1.54, 1.807) is 11.3 Å². The minimum Gasteiger partial charge on any atom is -0.309 e. The Balaban J connectivity index is 2.32. The van der Waals surface area contributed by atoms with Gasteiger partial charge < -0.3 is 5.32 Å². The van der Waals surface area contributed by atoms with Crippen molar-refractivity contribution in [3.63, 3.8) is 0 Å². The Morgan fingerprint density at radius 2 is 1.71 bits per heavy atom. The molecular formula is C17H21Br2NS. The van der Waals surface area contributed by atoms with Gasteiger partial charge in [0.2, 0.25) is 0 Å². The highest BCUT2D eigenvalue weighted by atomic mass is 79.9. The number of halogens is 2. The molecule has 0 saturated carbocycles. The standard InChI is InChI=1S/C17H21Br2NS/c1-5-20-15(16-9-14(18)17(19)21-16)8-13-11(3)6-10(2)7-12(13)4/h6-7,9,15,20H,5,8H2,1-4H3. The van der Waals surface area contributed by atoms with Crippen molar-refractivity contribution in [1.82, 2.24) is 5.32 Å². The van der Waals surface area contributed by atoms with E-state index < -0.39 is 0 Å². The smallest absolute Gasteiger partial charge is 0.0843 e. The Morgan fingerprint density at radius 3 is 2.19 bits per heavy atom. The van der Waals surface area contributed by atoms with Gasteiger partial charge in [0.1, 0.15) is 0 Å². The monoisotopic (exact) mass is 429 g/mol. The van der Waals surface area contributed by atoms with Crippen molar-refractivity contribution in [1.29, 1.82) is 0 Å². The zero-order valence-electron chi connectivity index (χ0n) is 12.9. The maximum Gasteiger partial charge on any atom is 0.0843 e. The molecule has 1 unspecified atom stereocenters. The molecule has 0 saturated heterocycles. The van der Waals surface area contributed by atoms with Crippen LogP contribution >= 0.6 is 43.2 Å². The Bertz CT molecular complexity index is 591. The molecule has 0 radical (unpaired) electrons. The van der Waals surface area contributed by atoms with Gasteiger partial charge in [0.05, 0.1) is 3.79 Å². The molecule has 4 heteroatoms. The first-order valence-corrected chi connectivity index (χ1v) is 9.57. The molecule has 0 bridgehead atoms. The average molecular weight is 431 g/mol. The van der Waals surface area contributed by atoms with Crippen molar-refractivity contribution in [2.24, 2.45) is 0 Å². The lowest BCUT2D eigenvalue weighted by Gasteiger charge is -2.20. The molecule has 0 aliphatic carbocycles. The van der Waals surface area contributed by atoms with Crippen LogP contribution in [0.2, 0.25) is 0 Å². The highest BCUT2D eigenvalue weighted by molar-refractivity contribution is 9.13. The summed E-state index contributed by atoms with van der Waals surface area (Å²) >= 11 is 9.00. The van der Waals surface area contributed by atoms with Crippen LogP contribution in [0.3, 0.4) is 0 Å². The van der Waals surface area contributed by atoms with Crippen LogP contribution in [0.4, 0.5) is 0 Å². The molecule has 1 aromatic heterocycles. The SMILES string of the molecule is CCNC(Cc1c(C)cc(C)cc1C)c1cc(Br)c(Br)s1. The zero-order valence-corrected chi connectivity index (χ0v) is 16.9. The molecule has 1 atom stereocenters. The molecule has 1 aromatic carbocycles. The molecule has 1 N–H and O–H groups in total. The van der Waals surface area contributed by atoms with E-state index in [4.69, 9.17) is 0 Å². The van der Waals surface area contributed by atoms with Crippen LogP contribution in [0.25, 0.3) is 0 Å². The lowest BCUT2D eigenvalue weighted by molar-refractivity contribution is 0.556. The van der Waals surface area contributed by atoms with Gasteiger partial charge in [0.15, 0.2) is 0 Å². The van der Waals surface area contributed by atoms with E-state index in [1.165, 1.54) is 27.1 Å². The van der Waals surface area contributed by atoms with Crippen LogP contribution in [-0.2, 0) is 6.42 Å². The quantitative estimate of drug-likeness (QED) is 0.604. The second-order valence-electron chi connectivity index (χ2n) is 5.46. The molecule has 0 aliphatic rings. The second-order valence-corrected chi connectivity index (χ2v) is 8.72. The zero-order chi connectivity index (χ0) is 15.6. The molecule has 0 amide bonds. The van der Waals surface area contributed by atoms with Crippen LogP contribution in [-0.4, -0.2) is 6.54 Å². The highest BCUT2D eigenvalue weighted by Gasteiger charge is 2.17. The van der Waals surface area contributed by atoms with Gasteiger partial charge >= 0.3 is 0 Å². The molecular weight excluding hydrogens is 410 g/mol. The Kier molecular flexibility index (Phi) is 6.06. The van der Waals surface area contributed by atoms with E-state index in [0.717, 1.165) is 21.2 Å². The first-order chi connectivity index (χ1) is 9.92. The molecule has 0 fully saturated rings. The number of thiophene rings is 1. The van der Waals surface area contributed by atoms with Crippen LogP contribution in [0.15, 0.2) is 26.5 Å². The first kappa shape index (κ1) is 17.2. The molecule has 21 heavy (non-hydrogen) atoms. The number of hydrogen-bond acceptors (Lipinski definition) is 2. The van der Waals surface area contributed by atoms with Gasteiger partial charge in [-0.05, 0) is 88.4 Å². The number of likely N-dealkylation sites (N-methyl/N-ethyl adjacent to an activating group) is 1. The number of hydrogen-bond donors (Lipinski definition) is 1. The summed E-state index contributed by atoms with van der Waals surface area (Å²) in [4.78, 5) is 1.37. The number of rotatable bonds is 5. The molecule has 2 aromatic rings. The Labute approximate surface area is 148 Å². The number of nitrogens with one attached hydrogen (secondary N) is 1. The lowest BCUT2D eigenvalue weighted by atomic mass is 9.94. The van der Waals surface area contributed by atoms with Gasteiger partial charge in [0.25, 0.3) is 0 Å². The minimum absolute atomic E-state index is 0.364. The summed E-state index contributed by atoms with van der Waals surface area (Å²) in [6.07, 6.45) is 1.03. The summed E-state index contributed by atoms with van der Waals surface area (Å²) in [5.41, 5.74) is 5.60. The third-order valence-corrected chi connectivity index (χ3v) is 7.08. The maximum absolute atomic E-state index is 3.63. The highest BCUT2D eigenvalue weighted by Crippen LogP contribution is 2.37. The third-order valence-electron chi connectivity index (χ3n) is 3.71. The van der Waals surface area contributed by atoms with E-state index in [2.05, 4.69) is 83.1 Å². The third kappa shape index (κ3) is 4.19. The van der Waals surface area contributed by atoms with E-state index in [9.17, 15) is 0 Å². The maximum atomic E-state index is 3.63. The molecule has 0 spiro atoms. The van der Waals surface area contributed by atoms with E-state index in [-0.39, 0.29) is 0 Å². The number of benzene rings is 1. The fourth-order valence-corrected chi connectivity index (χ4v) is 4.96. The van der Waals surface area contributed by atoms with E-state index >= 15 is 0 Å². The van der Waals surface area contributed by atoms with Crippen molar-refractivity contribution in [3.8, 4) is 0 Å². The topological polar surface area (TPSA) is 12.0 Å². The Hall–Kier alpha value is -0.160. The van der Waals surface area contributed by atoms with Gasteiger partial charge in [0, 0.05) is 15.4 Å². The van der Waals surface area contributed by atoms with Gasteiger partial charge in [-0.2, -0.15) is 0 Å². The van der Waals surface area contributed by atoms with Crippen molar-refractivity contribution >= 4 is 43.2 Å². The number of aryl methyl sites for hydroxylation is 3. The van der Waals surface area contributed by atoms with Gasteiger partial charge in [-0.25, -0.2) is 0 Å². The van der Waals surface area contributed by atoms with Crippen molar-refractivity contribution in [2.45, 2.75) is 40.2 Å². The minimum atomic E-state index is 0.364. The summed E-state index contributed by atoms with van der Waals surface area (Å²) < 4.78 is 2.31. The predicted molar refractivity (Wildman–Crippen MR) is 100 cm³/mol. The lowest BCUT2D eigenvalue weighted by Crippen LogP contribution is -2.22. The van der Waals surface area contributed by atoms with E-state index in [1.807, 2.05) is 0 Å². The molecule has 1 heterocycles. The average Bonchev–Trinajstić information content (AvgIpc) is 2.72. The van der Waals surface area contributed by atoms with Gasteiger partial charge in [-0.15, -0.1) is 11.3 Å². The second kappa shape index (κ2) is 7.40. The van der Waals surface area contributed by atoms with Gasteiger partial charge in [-0.1, -0.05) is 24.6 Å². The summed E-state index contributed by atoms with van der Waals surface area (Å²) in [5, 5.41) is 3.63. The van der Waals surface area contributed by atoms with Crippen molar-refractivity contribution < 1.29 is 0 Å². The molecule has 114 valence electrons. The van der Waals surface area contributed by atoms with Crippen LogP contribution in [0, 0.1) is 20.8 Å². The van der Waals surface area contributed by atoms with Crippen LogP contribution < -0.4 is 5.32 Å². The normalized spacial score (nSPS) is 12.7. The largest absolute Gasteiger partial charge is 0.309 e.